The van der Waals surface area contributed by atoms with Gasteiger partial charge in [-0.25, -0.2) is 0 Å². The van der Waals surface area contributed by atoms with Crippen LogP contribution < -0.4 is 25.4 Å². The number of fused-ring (bicyclic) bond motifs is 1. The van der Waals surface area contributed by atoms with E-state index < -0.39 is 0 Å². The highest BCUT2D eigenvalue weighted by molar-refractivity contribution is 5.81. The summed E-state index contributed by atoms with van der Waals surface area (Å²) in [6, 6.07) is 7.62. The maximum absolute atomic E-state index is 11.5. The number of nitrogens with one attached hydrogen (secondary N) is 3. The van der Waals surface area contributed by atoms with Gasteiger partial charge in [0, 0.05) is 26.6 Å². The van der Waals surface area contributed by atoms with Crippen molar-refractivity contribution in [3.63, 3.8) is 0 Å². The van der Waals surface area contributed by atoms with Crippen molar-refractivity contribution in [2.45, 2.75) is 25.9 Å². The van der Waals surface area contributed by atoms with Crippen LogP contribution >= 0.6 is 0 Å². The zero-order chi connectivity index (χ0) is 17.2. The first-order valence-electron chi connectivity index (χ1n) is 8.32. The molecule has 1 heterocycles. The SMILES string of the molecule is CCCNC(=O)CCNC(=NC)NCC1COc2ccccc2O1. The zero-order valence-corrected chi connectivity index (χ0v) is 14.3. The number of ether oxygens (including phenoxy) is 2. The number of para-hydroxylation sites is 2. The molecular weight excluding hydrogens is 308 g/mol. The molecule has 0 radical (unpaired) electrons. The number of carbonyl (C=O) groups is 1. The lowest BCUT2D eigenvalue weighted by molar-refractivity contribution is -0.120. The van der Waals surface area contributed by atoms with E-state index >= 15 is 0 Å². The van der Waals surface area contributed by atoms with Crippen molar-refractivity contribution >= 4 is 11.9 Å². The van der Waals surface area contributed by atoms with E-state index in [1.165, 1.54) is 0 Å². The van der Waals surface area contributed by atoms with Crippen LogP contribution in [-0.4, -0.2) is 51.3 Å². The number of amides is 1. The molecule has 0 aromatic heterocycles. The zero-order valence-electron chi connectivity index (χ0n) is 14.3. The number of benzene rings is 1. The molecule has 0 saturated heterocycles. The van der Waals surface area contributed by atoms with Crippen molar-refractivity contribution in [1.82, 2.24) is 16.0 Å². The summed E-state index contributed by atoms with van der Waals surface area (Å²) in [5.74, 6) is 2.21. The maximum atomic E-state index is 11.5. The first kappa shape index (κ1) is 17.9. The van der Waals surface area contributed by atoms with Gasteiger partial charge in [-0.3, -0.25) is 9.79 Å². The number of guanidine groups is 1. The van der Waals surface area contributed by atoms with Gasteiger partial charge < -0.3 is 25.4 Å². The monoisotopic (exact) mass is 334 g/mol. The summed E-state index contributed by atoms with van der Waals surface area (Å²) in [6.07, 6.45) is 1.26. The van der Waals surface area contributed by atoms with Crippen LogP contribution in [0.4, 0.5) is 0 Å². The molecule has 1 aliphatic heterocycles. The third-order valence-corrected chi connectivity index (χ3v) is 3.50. The summed E-state index contributed by atoms with van der Waals surface area (Å²) < 4.78 is 11.6. The predicted octanol–water partition coefficient (Wildman–Crippen LogP) is 0.908. The maximum Gasteiger partial charge on any atom is 0.221 e. The molecule has 1 aliphatic rings. The molecule has 132 valence electrons. The molecule has 24 heavy (non-hydrogen) atoms. The molecule has 0 bridgehead atoms. The lowest BCUT2D eigenvalue weighted by Gasteiger charge is -2.27. The number of nitrogens with zero attached hydrogens (tertiary/aromatic N) is 1. The molecule has 0 spiro atoms. The molecular formula is C17H26N4O3. The number of rotatable bonds is 7. The van der Waals surface area contributed by atoms with Gasteiger partial charge in [0.2, 0.25) is 5.91 Å². The summed E-state index contributed by atoms with van der Waals surface area (Å²) in [5, 5.41) is 9.15. The van der Waals surface area contributed by atoms with Gasteiger partial charge in [-0.2, -0.15) is 0 Å². The quantitative estimate of drug-likeness (QED) is 0.510. The van der Waals surface area contributed by atoms with Gasteiger partial charge in [0.05, 0.1) is 6.54 Å². The average Bonchev–Trinajstić information content (AvgIpc) is 2.62. The standard InChI is InChI=1S/C17H26N4O3/c1-3-9-19-16(22)8-10-20-17(18-2)21-11-13-12-23-14-6-4-5-7-15(14)24-13/h4-7,13H,3,8-12H2,1-2H3,(H,19,22)(H2,18,20,21). The molecule has 0 saturated carbocycles. The Morgan fingerprint density at radius 3 is 2.75 bits per heavy atom. The Labute approximate surface area is 142 Å². The number of aliphatic imine (C=N–C) groups is 1. The van der Waals surface area contributed by atoms with Crippen LogP contribution in [0.3, 0.4) is 0 Å². The molecule has 7 nitrogen and oxygen atoms in total. The Bertz CT molecular complexity index is 563. The molecule has 2 rings (SSSR count). The third kappa shape index (κ3) is 5.64. The predicted molar refractivity (Wildman–Crippen MR) is 93.6 cm³/mol. The lowest BCUT2D eigenvalue weighted by atomic mass is 10.2. The fourth-order valence-corrected chi connectivity index (χ4v) is 2.24. The fraction of sp³-hybridized carbons (Fsp3) is 0.529. The topological polar surface area (TPSA) is 84.0 Å². The van der Waals surface area contributed by atoms with E-state index in [-0.39, 0.29) is 12.0 Å². The van der Waals surface area contributed by atoms with Crippen LogP contribution in [0.1, 0.15) is 19.8 Å². The van der Waals surface area contributed by atoms with E-state index in [9.17, 15) is 4.79 Å². The van der Waals surface area contributed by atoms with Gasteiger partial charge in [0.15, 0.2) is 17.5 Å². The Hall–Kier alpha value is -2.44. The molecule has 3 N–H and O–H groups in total. The van der Waals surface area contributed by atoms with Crippen molar-refractivity contribution in [3.8, 4) is 11.5 Å². The van der Waals surface area contributed by atoms with Gasteiger partial charge >= 0.3 is 0 Å². The third-order valence-electron chi connectivity index (χ3n) is 3.50. The van der Waals surface area contributed by atoms with Crippen molar-refractivity contribution in [2.75, 3.05) is 33.3 Å². The van der Waals surface area contributed by atoms with E-state index in [0.29, 0.717) is 38.6 Å². The summed E-state index contributed by atoms with van der Waals surface area (Å²) in [7, 11) is 1.69. The molecule has 1 amide bonds. The second-order valence-electron chi connectivity index (χ2n) is 5.48. The van der Waals surface area contributed by atoms with Crippen LogP contribution in [0.15, 0.2) is 29.3 Å². The van der Waals surface area contributed by atoms with E-state index in [2.05, 4.69) is 20.9 Å². The summed E-state index contributed by atoms with van der Waals surface area (Å²) in [6.45, 7) is 4.32. The van der Waals surface area contributed by atoms with E-state index in [4.69, 9.17) is 9.47 Å². The largest absolute Gasteiger partial charge is 0.486 e. The minimum absolute atomic E-state index is 0.0421. The Morgan fingerprint density at radius 2 is 2.00 bits per heavy atom. The van der Waals surface area contributed by atoms with E-state index in [1.807, 2.05) is 31.2 Å². The minimum atomic E-state index is -0.0914. The van der Waals surface area contributed by atoms with Gasteiger partial charge in [-0.1, -0.05) is 19.1 Å². The number of hydrogen-bond acceptors (Lipinski definition) is 4. The van der Waals surface area contributed by atoms with Gasteiger partial charge in [0.25, 0.3) is 0 Å². The fourth-order valence-electron chi connectivity index (χ4n) is 2.24. The highest BCUT2D eigenvalue weighted by Crippen LogP contribution is 2.30. The van der Waals surface area contributed by atoms with E-state index in [1.54, 1.807) is 7.05 Å². The Kier molecular flexibility index (Phi) is 7.20. The van der Waals surface area contributed by atoms with Crippen LogP contribution in [0, 0.1) is 0 Å². The first-order valence-corrected chi connectivity index (χ1v) is 8.32. The molecule has 1 atom stereocenters. The van der Waals surface area contributed by atoms with Crippen LogP contribution in [0.2, 0.25) is 0 Å². The molecule has 0 aliphatic carbocycles. The van der Waals surface area contributed by atoms with Crippen LogP contribution in [-0.2, 0) is 4.79 Å². The first-order chi connectivity index (χ1) is 11.7. The number of hydrogen-bond donors (Lipinski definition) is 3. The summed E-state index contributed by atoms with van der Waals surface area (Å²) in [4.78, 5) is 15.7. The summed E-state index contributed by atoms with van der Waals surface area (Å²) in [5.41, 5.74) is 0. The van der Waals surface area contributed by atoms with E-state index in [0.717, 1.165) is 17.9 Å². The van der Waals surface area contributed by atoms with Crippen molar-refractivity contribution in [3.05, 3.63) is 24.3 Å². The van der Waals surface area contributed by atoms with Crippen molar-refractivity contribution in [2.24, 2.45) is 4.99 Å². The summed E-state index contributed by atoms with van der Waals surface area (Å²) >= 11 is 0. The van der Waals surface area contributed by atoms with Crippen LogP contribution in [0.5, 0.6) is 11.5 Å². The molecule has 0 fully saturated rings. The highest BCUT2D eigenvalue weighted by atomic mass is 16.6. The second kappa shape index (κ2) is 9.64. The lowest BCUT2D eigenvalue weighted by Crippen LogP contribution is -2.46. The molecule has 1 aromatic carbocycles. The smallest absolute Gasteiger partial charge is 0.221 e. The van der Waals surface area contributed by atoms with Gasteiger partial charge in [-0.05, 0) is 18.6 Å². The van der Waals surface area contributed by atoms with Crippen molar-refractivity contribution < 1.29 is 14.3 Å². The Morgan fingerprint density at radius 1 is 1.21 bits per heavy atom. The molecule has 1 unspecified atom stereocenters. The molecule has 1 aromatic rings. The number of carbonyl (C=O) groups excluding carboxylic acids is 1. The minimum Gasteiger partial charge on any atom is -0.486 e. The van der Waals surface area contributed by atoms with Gasteiger partial charge in [-0.15, -0.1) is 0 Å². The van der Waals surface area contributed by atoms with Crippen LogP contribution in [0.25, 0.3) is 0 Å². The van der Waals surface area contributed by atoms with Gasteiger partial charge in [0.1, 0.15) is 12.7 Å². The average molecular weight is 334 g/mol. The Balaban J connectivity index is 1.68. The second-order valence-corrected chi connectivity index (χ2v) is 5.48. The highest BCUT2D eigenvalue weighted by Gasteiger charge is 2.20. The molecule has 7 heteroatoms. The van der Waals surface area contributed by atoms with Crippen molar-refractivity contribution in [1.29, 1.82) is 0 Å². The normalized spacial score (nSPS) is 16.4.